The summed E-state index contributed by atoms with van der Waals surface area (Å²) in [6.45, 7) is 1.80. The van der Waals surface area contributed by atoms with Crippen molar-refractivity contribution in [3.05, 3.63) is 41.9 Å². The van der Waals surface area contributed by atoms with E-state index in [1.54, 1.807) is 23.6 Å². The minimum atomic E-state index is -0.919. The van der Waals surface area contributed by atoms with E-state index in [9.17, 15) is 9.90 Å². The summed E-state index contributed by atoms with van der Waals surface area (Å²) in [6.07, 6.45) is 3.30. The Bertz CT molecular complexity index is 847. The predicted octanol–water partition coefficient (Wildman–Crippen LogP) is 3.26. The molecule has 2 heterocycles. The molecule has 0 aliphatic heterocycles. The van der Waals surface area contributed by atoms with Gasteiger partial charge in [0, 0.05) is 10.7 Å². The molecule has 0 saturated carbocycles. The molecule has 0 bridgehead atoms. The van der Waals surface area contributed by atoms with E-state index in [2.05, 4.69) is 20.3 Å². The number of halogens is 1. The average Bonchev–Trinajstić information content (AvgIpc) is 2.95. The number of imidazole rings is 1. The monoisotopic (exact) mass is 331 g/mol. The number of aromatic nitrogens is 4. The summed E-state index contributed by atoms with van der Waals surface area (Å²) < 4.78 is 1.55. The van der Waals surface area contributed by atoms with Gasteiger partial charge >= 0.3 is 5.97 Å². The first-order chi connectivity index (χ1) is 11.1. The van der Waals surface area contributed by atoms with Gasteiger partial charge in [-0.15, -0.1) is 0 Å². The summed E-state index contributed by atoms with van der Waals surface area (Å²) in [4.78, 5) is 24.0. The minimum absolute atomic E-state index is 0.435. The molecule has 118 valence electrons. The van der Waals surface area contributed by atoms with Crippen LogP contribution in [0.25, 0.3) is 11.2 Å². The van der Waals surface area contributed by atoms with Crippen molar-refractivity contribution >= 4 is 40.2 Å². The van der Waals surface area contributed by atoms with Crippen LogP contribution in [0.1, 0.15) is 19.4 Å². The maximum absolute atomic E-state index is 11.4. The lowest BCUT2D eigenvalue weighted by molar-refractivity contribution is -0.140. The second-order valence-electron chi connectivity index (χ2n) is 4.94. The molecule has 2 aromatic heterocycles. The second-order valence-corrected chi connectivity index (χ2v) is 5.38. The molecule has 7 nitrogen and oxygen atoms in total. The molecule has 8 heteroatoms. The van der Waals surface area contributed by atoms with Gasteiger partial charge in [-0.05, 0) is 30.7 Å². The molecule has 1 atom stereocenters. The van der Waals surface area contributed by atoms with Crippen LogP contribution in [0.15, 0.2) is 36.9 Å². The third-order valence-electron chi connectivity index (χ3n) is 3.47. The second kappa shape index (κ2) is 6.21. The first-order valence-electron chi connectivity index (χ1n) is 7.03. The molecular weight excluding hydrogens is 318 g/mol. The van der Waals surface area contributed by atoms with Crippen LogP contribution in [0, 0.1) is 0 Å². The molecule has 0 aliphatic rings. The number of nitrogens with one attached hydrogen (secondary N) is 1. The standard InChI is InChI=1S/C15H14ClN5O2/c1-2-11(15(22)23)21-8-19-12-13(17-7-18-14(12)21)20-10-5-3-9(16)4-6-10/h3-8,11H,2H2,1H3,(H,22,23)(H,17,18,20). The number of carboxylic acid groups (broad SMARTS) is 1. The van der Waals surface area contributed by atoms with Crippen molar-refractivity contribution in [3.63, 3.8) is 0 Å². The number of anilines is 2. The number of fused-ring (bicyclic) bond motifs is 1. The molecular formula is C15H14ClN5O2. The van der Waals surface area contributed by atoms with Gasteiger partial charge in [0.2, 0.25) is 0 Å². The maximum atomic E-state index is 11.4. The minimum Gasteiger partial charge on any atom is -0.480 e. The van der Waals surface area contributed by atoms with E-state index < -0.39 is 12.0 Å². The van der Waals surface area contributed by atoms with E-state index in [0.29, 0.717) is 28.4 Å². The van der Waals surface area contributed by atoms with Gasteiger partial charge in [0.1, 0.15) is 12.4 Å². The summed E-state index contributed by atoms with van der Waals surface area (Å²) in [6, 6.07) is 6.45. The van der Waals surface area contributed by atoms with Gasteiger partial charge in [-0.2, -0.15) is 0 Å². The number of carbonyl (C=O) groups is 1. The van der Waals surface area contributed by atoms with Gasteiger partial charge in [0.05, 0.1) is 6.33 Å². The smallest absolute Gasteiger partial charge is 0.326 e. The molecule has 23 heavy (non-hydrogen) atoms. The lowest BCUT2D eigenvalue weighted by Gasteiger charge is -2.12. The molecule has 0 amide bonds. The first-order valence-corrected chi connectivity index (χ1v) is 7.41. The van der Waals surface area contributed by atoms with Gasteiger partial charge in [-0.1, -0.05) is 18.5 Å². The average molecular weight is 332 g/mol. The van der Waals surface area contributed by atoms with Crippen molar-refractivity contribution in [3.8, 4) is 0 Å². The Labute approximate surface area is 137 Å². The Balaban J connectivity index is 2.01. The van der Waals surface area contributed by atoms with Crippen molar-refractivity contribution in [1.29, 1.82) is 0 Å². The zero-order chi connectivity index (χ0) is 16.4. The van der Waals surface area contributed by atoms with Crippen LogP contribution in [-0.2, 0) is 4.79 Å². The highest BCUT2D eigenvalue weighted by atomic mass is 35.5. The molecule has 2 N–H and O–H groups in total. The van der Waals surface area contributed by atoms with Gasteiger partial charge in [-0.3, -0.25) is 0 Å². The van der Waals surface area contributed by atoms with Crippen molar-refractivity contribution in [2.45, 2.75) is 19.4 Å². The number of benzene rings is 1. The first kappa shape index (κ1) is 15.2. The summed E-state index contributed by atoms with van der Waals surface area (Å²) >= 11 is 5.87. The molecule has 1 unspecified atom stereocenters. The number of nitrogens with zero attached hydrogens (tertiary/aromatic N) is 4. The highest BCUT2D eigenvalue weighted by molar-refractivity contribution is 6.30. The third-order valence-corrected chi connectivity index (χ3v) is 3.73. The van der Waals surface area contributed by atoms with Crippen LogP contribution in [0.5, 0.6) is 0 Å². The SMILES string of the molecule is CCC(C(=O)O)n1cnc2c(Nc3ccc(Cl)cc3)ncnc21. The fourth-order valence-electron chi connectivity index (χ4n) is 2.33. The van der Waals surface area contributed by atoms with Crippen LogP contribution < -0.4 is 5.32 Å². The van der Waals surface area contributed by atoms with Crippen molar-refractivity contribution in [2.75, 3.05) is 5.32 Å². The summed E-state index contributed by atoms with van der Waals surface area (Å²) in [5.41, 5.74) is 1.79. The number of rotatable bonds is 5. The predicted molar refractivity (Wildman–Crippen MR) is 87.0 cm³/mol. The Morgan fingerprint density at radius 1 is 1.30 bits per heavy atom. The summed E-state index contributed by atoms with van der Waals surface area (Å²) in [7, 11) is 0. The van der Waals surface area contributed by atoms with Crippen LogP contribution >= 0.6 is 11.6 Å². The highest BCUT2D eigenvalue weighted by Crippen LogP contribution is 2.25. The fraction of sp³-hybridized carbons (Fsp3) is 0.200. The van der Waals surface area contributed by atoms with Crippen molar-refractivity contribution in [2.24, 2.45) is 0 Å². The summed E-state index contributed by atoms with van der Waals surface area (Å²) in [5.74, 6) is -0.408. The lowest BCUT2D eigenvalue weighted by Crippen LogP contribution is -2.17. The van der Waals surface area contributed by atoms with Gasteiger partial charge in [0.15, 0.2) is 17.0 Å². The van der Waals surface area contributed by atoms with E-state index in [1.807, 2.05) is 12.1 Å². The van der Waals surface area contributed by atoms with Gasteiger partial charge in [0.25, 0.3) is 0 Å². The topological polar surface area (TPSA) is 92.9 Å². The Morgan fingerprint density at radius 3 is 2.70 bits per heavy atom. The molecule has 0 radical (unpaired) electrons. The van der Waals surface area contributed by atoms with Crippen LogP contribution in [0.3, 0.4) is 0 Å². The molecule has 3 aromatic rings. The molecule has 0 aliphatic carbocycles. The normalized spacial score (nSPS) is 12.3. The molecule has 0 saturated heterocycles. The largest absolute Gasteiger partial charge is 0.480 e. The summed E-state index contributed by atoms with van der Waals surface area (Å²) in [5, 5.41) is 13.1. The molecule has 1 aromatic carbocycles. The Hall–Kier alpha value is -2.67. The lowest BCUT2D eigenvalue weighted by atomic mass is 10.2. The molecule has 3 rings (SSSR count). The number of aliphatic carboxylic acids is 1. The molecule has 0 spiro atoms. The number of hydrogen-bond acceptors (Lipinski definition) is 5. The van der Waals surface area contributed by atoms with E-state index in [0.717, 1.165) is 5.69 Å². The van der Waals surface area contributed by atoms with Crippen LogP contribution in [0.2, 0.25) is 5.02 Å². The number of carboxylic acids is 1. The van der Waals surface area contributed by atoms with Crippen LogP contribution in [-0.4, -0.2) is 30.6 Å². The van der Waals surface area contributed by atoms with Crippen molar-refractivity contribution in [1.82, 2.24) is 19.5 Å². The number of hydrogen-bond donors (Lipinski definition) is 2. The van der Waals surface area contributed by atoms with E-state index >= 15 is 0 Å². The quantitative estimate of drug-likeness (QED) is 0.745. The van der Waals surface area contributed by atoms with Gasteiger partial charge < -0.3 is 15.0 Å². The van der Waals surface area contributed by atoms with Gasteiger partial charge in [-0.25, -0.2) is 19.7 Å². The van der Waals surface area contributed by atoms with E-state index in [4.69, 9.17) is 11.6 Å². The Morgan fingerprint density at radius 2 is 2.04 bits per heavy atom. The van der Waals surface area contributed by atoms with E-state index in [-0.39, 0.29) is 0 Å². The Kier molecular flexibility index (Phi) is 4.12. The fourth-order valence-corrected chi connectivity index (χ4v) is 2.46. The highest BCUT2D eigenvalue weighted by Gasteiger charge is 2.21. The third kappa shape index (κ3) is 2.95. The zero-order valence-corrected chi connectivity index (χ0v) is 13.0. The van der Waals surface area contributed by atoms with Crippen molar-refractivity contribution < 1.29 is 9.90 Å². The maximum Gasteiger partial charge on any atom is 0.326 e. The van der Waals surface area contributed by atoms with E-state index in [1.165, 1.54) is 12.7 Å². The molecule has 0 fully saturated rings. The van der Waals surface area contributed by atoms with Crippen LogP contribution in [0.4, 0.5) is 11.5 Å². The zero-order valence-electron chi connectivity index (χ0n) is 12.3.